The van der Waals surface area contributed by atoms with Crippen LogP contribution in [0.2, 0.25) is 5.02 Å². The molecule has 140 valence electrons. The van der Waals surface area contributed by atoms with Crippen molar-refractivity contribution in [2.24, 2.45) is 5.10 Å². The van der Waals surface area contributed by atoms with Crippen molar-refractivity contribution in [2.45, 2.75) is 13.5 Å². The van der Waals surface area contributed by atoms with E-state index in [-0.39, 0.29) is 12.2 Å². The molecule has 0 aliphatic rings. The second-order valence-electron chi connectivity index (χ2n) is 5.73. The topological polar surface area (TPSA) is 74.7 Å². The van der Waals surface area contributed by atoms with Gasteiger partial charge in [-0.15, -0.1) is 0 Å². The summed E-state index contributed by atoms with van der Waals surface area (Å²) in [7, 11) is 1.53. The first-order chi connectivity index (χ1) is 13.0. The highest BCUT2D eigenvalue weighted by Crippen LogP contribution is 2.30. The van der Waals surface area contributed by atoms with Crippen molar-refractivity contribution in [3.8, 4) is 11.5 Å². The lowest BCUT2D eigenvalue weighted by atomic mass is 10.2. The molecule has 0 atom stereocenters. The van der Waals surface area contributed by atoms with Crippen molar-refractivity contribution < 1.29 is 13.9 Å². The van der Waals surface area contributed by atoms with Gasteiger partial charge in [0.25, 0.3) is 0 Å². The minimum atomic E-state index is -0.426. The zero-order valence-electron chi connectivity index (χ0n) is 14.8. The van der Waals surface area contributed by atoms with Crippen LogP contribution in [0.25, 0.3) is 0 Å². The highest BCUT2D eigenvalue weighted by molar-refractivity contribution is 6.31. The van der Waals surface area contributed by atoms with Crippen LogP contribution in [0.15, 0.2) is 47.7 Å². The van der Waals surface area contributed by atoms with Gasteiger partial charge in [-0.05, 0) is 42.8 Å². The van der Waals surface area contributed by atoms with E-state index < -0.39 is 5.82 Å². The third-order valence-electron chi connectivity index (χ3n) is 3.79. The number of rotatable bonds is 6. The molecule has 0 aliphatic carbocycles. The third-order valence-corrected chi connectivity index (χ3v) is 4.14. The van der Waals surface area contributed by atoms with E-state index in [0.29, 0.717) is 22.5 Å². The number of nitrogen functional groups attached to an aromatic ring is 1. The number of nitrogens with two attached hydrogens (primary N) is 1. The monoisotopic (exact) mass is 388 g/mol. The Labute approximate surface area is 161 Å². The summed E-state index contributed by atoms with van der Waals surface area (Å²) in [6.45, 7) is 1.80. The zero-order valence-corrected chi connectivity index (χ0v) is 15.6. The number of aromatic nitrogens is 2. The minimum Gasteiger partial charge on any atom is -0.493 e. The summed E-state index contributed by atoms with van der Waals surface area (Å²) < 4.78 is 26.4. The van der Waals surface area contributed by atoms with Crippen LogP contribution >= 0.6 is 11.6 Å². The largest absolute Gasteiger partial charge is 0.493 e. The van der Waals surface area contributed by atoms with E-state index in [1.807, 2.05) is 13.0 Å². The molecular weight excluding hydrogens is 371 g/mol. The molecule has 0 spiro atoms. The number of ether oxygens (including phenoxy) is 2. The van der Waals surface area contributed by atoms with Gasteiger partial charge in [0.05, 0.1) is 30.2 Å². The lowest BCUT2D eigenvalue weighted by molar-refractivity contribution is 0.280. The van der Waals surface area contributed by atoms with E-state index in [9.17, 15) is 4.39 Å². The van der Waals surface area contributed by atoms with Crippen LogP contribution in [-0.4, -0.2) is 23.0 Å². The number of methoxy groups -OCH3 is 1. The third kappa shape index (κ3) is 4.38. The molecule has 2 aromatic carbocycles. The van der Waals surface area contributed by atoms with Gasteiger partial charge >= 0.3 is 0 Å². The summed E-state index contributed by atoms with van der Waals surface area (Å²) in [5.74, 6) is 0.821. The van der Waals surface area contributed by atoms with E-state index in [1.165, 1.54) is 17.9 Å². The van der Waals surface area contributed by atoms with Crippen molar-refractivity contribution >= 4 is 23.8 Å². The lowest BCUT2D eigenvalue weighted by Gasteiger charge is -2.12. The Morgan fingerprint density at radius 1 is 1.30 bits per heavy atom. The molecule has 3 aromatic rings. The number of benzene rings is 2. The van der Waals surface area contributed by atoms with Gasteiger partial charge in [-0.25, -0.2) is 14.1 Å². The summed E-state index contributed by atoms with van der Waals surface area (Å²) >= 11 is 6.04. The van der Waals surface area contributed by atoms with Crippen LogP contribution in [0.4, 0.5) is 10.3 Å². The molecule has 0 radical (unpaired) electrons. The van der Waals surface area contributed by atoms with Gasteiger partial charge < -0.3 is 15.2 Å². The summed E-state index contributed by atoms with van der Waals surface area (Å²) in [6.07, 6.45) is 3.33. The van der Waals surface area contributed by atoms with E-state index >= 15 is 0 Å². The molecule has 0 amide bonds. The maximum Gasteiger partial charge on any atom is 0.221 e. The van der Waals surface area contributed by atoms with Crippen molar-refractivity contribution in [3.63, 3.8) is 0 Å². The van der Waals surface area contributed by atoms with Crippen LogP contribution in [0.3, 0.4) is 0 Å². The molecule has 0 aliphatic heterocycles. The lowest BCUT2D eigenvalue weighted by Crippen LogP contribution is -2.02. The van der Waals surface area contributed by atoms with Crippen molar-refractivity contribution in [1.29, 1.82) is 0 Å². The average molecular weight is 389 g/mol. The van der Waals surface area contributed by atoms with Gasteiger partial charge in [0.1, 0.15) is 12.4 Å². The first-order valence-electron chi connectivity index (χ1n) is 8.07. The first kappa shape index (κ1) is 18.7. The summed E-state index contributed by atoms with van der Waals surface area (Å²) in [6, 6.07) is 9.77. The first-order valence-corrected chi connectivity index (χ1v) is 8.45. The highest BCUT2D eigenvalue weighted by atomic mass is 35.5. The highest BCUT2D eigenvalue weighted by Gasteiger charge is 2.11. The quantitative estimate of drug-likeness (QED) is 0.647. The van der Waals surface area contributed by atoms with Crippen LogP contribution in [0.5, 0.6) is 11.5 Å². The Morgan fingerprint density at radius 3 is 2.78 bits per heavy atom. The SMILES string of the molecule is COc1ccc(C=Nn2cc(C)nc2N)cc1OCc1c(F)cccc1Cl. The molecule has 2 N–H and O–H groups in total. The van der Waals surface area contributed by atoms with E-state index in [1.54, 1.807) is 36.7 Å². The summed E-state index contributed by atoms with van der Waals surface area (Å²) in [5.41, 5.74) is 7.56. The van der Waals surface area contributed by atoms with Crippen molar-refractivity contribution in [1.82, 2.24) is 9.66 Å². The van der Waals surface area contributed by atoms with Gasteiger partial charge in [0.15, 0.2) is 11.5 Å². The van der Waals surface area contributed by atoms with Crippen LogP contribution in [-0.2, 0) is 6.61 Å². The molecule has 1 heterocycles. The Hall–Kier alpha value is -3.06. The fourth-order valence-corrected chi connectivity index (χ4v) is 2.65. The van der Waals surface area contributed by atoms with Crippen LogP contribution < -0.4 is 15.2 Å². The van der Waals surface area contributed by atoms with E-state index in [0.717, 1.165) is 11.3 Å². The van der Waals surface area contributed by atoms with Crippen LogP contribution in [0.1, 0.15) is 16.8 Å². The zero-order chi connectivity index (χ0) is 19.4. The predicted octanol–water partition coefficient (Wildman–Crippen LogP) is 4.04. The molecule has 1 aromatic heterocycles. The number of aryl methyl sites for hydroxylation is 1. The van der Waals surface area contributed by atoms with E-state index in [4.69, 9.17) is 26.8 Å². The smallest absolute Gasteiger partial charge is 0.221 e. The molecule has 27 heavy (non-hydrogen) atoms. The number of hydrogen-bond acceptors (Lipinski definition) is 5. The van der Waals surface area contributed by atoms with Gasteiger partial charge in [0, 0.05) is 5.56 Å². The average Bonchev–Trinajstić information content (AvgIpc) is 2.97. The normalized spacial score (nSPS) is 11.1. The fraction of sp³-hybridized carbons (Fsp3) is 0.158. The number of nitrogens with zero attached hydrogens (tertiary/aromatic N) is 3. The minimum absolute atomic E-state index is 0.0316. The predicted molar refractivity (Wildman–Crippen MR) is 103 cm³/mol. The van der Waals surface area contributed by atoms with Crippen molar-refractivity contribution in [3.05, 3.63) is 70.3 Å². The Balaban J connectivity index is 1.82. The molecule has 0 fully saturated rings. The Bertz CT molecular complexity index is 968. The van der Waals surface area contributed by atoms with Crippen LogP contribution in [0, 0.1) is 12.7 Å². The summed E-state index contributed by atoms with van der Waals surface area (Å²) in [5, 5.41) is 4.57. The number of anilines is 1. The molecule has 0 saturated carbocycles. The van der Waals surface area contributed by atoms with Gasteiger partial charge in [-0.1, -0.05) is 17.7 Å². The summed E-state index contributed by atoms with van der Waals surface area (Å²) in [4.78, 5) is 4.08. The molecule has 6 nitrogen and oxygen atoms in total. The van der Waals surface area contributed by atoms with Gasteiger partial charge in [-0.3, -0.25) is 0 Å². The molecule has 0 saturated heterocycles. The Morgan fingerprint density at radius 2 is 2.11 bits per heavy atom. The molecule has 3 rings (SSSR count). The fourth-order valence-electron chi connectivity index (χ4n) is 2.43. The number of imidazole rings is 1. The second-order valence-corrected chi connectivity index (χ2v) is 6.14. The van der Waals surface area contributed by atoms with Gasteiger partial charge in [-0.2, -0.15) is 5.10 Å². The number of hydrogen-bond donors (Lipinski definition) is 1. The van der Waals surface area contributed by atoms with Crippen molar-refractivity contribution in [2.75, 3.05) is 12.8 Å². The molecular formula is C19H18ClFN4O2. The van der Waals surface area contributed by atoms with Gasteiger partial charge in [0.2, 0.25) is 5.95 Å². The molecule has 0 unspecified atom stereocenters. The second kappa shape index (κ2) is 8.09. The molecule has 0 bridgehead atoms. The number of halogens is 2. The maximum atomic E-state index is 13.9. The molecule has 8 heteroatoms. The Kier molecular flexibility index (Phi) is 5.61. The van der Waals surface area contributed by atoms with E-state index in [2.05, 4.69) is 10.1 Å². The standard InChI is InChI=1S/C19H18ClFN4O2/c1-12-10-25(19(22)24-12)23-9-13-6-7-17(26-2)18(8-13)27-11-14-15(20)4-3-5-16(14)21/h3-10H,11H2,1-2H3,(H2,22,24). The maximum absolute atomic E-state index is 13.9.